The topological polar surface area (TPSA) is 67.9 Å². The van der Waals surface area contributed by atoms with E-state index >= 15 is 0 Å². The number of nitrogens with one attached hydrogen (secondary N) is 1. The molecule has 0 aliphatic carbocycles. The van der Waals surface area contributed by atoms with Crippen LogP contribution in [0.25, 0.3) is 0 Å². The fourth-order valence-electron chi connectivity index (χ4n) is 2.81. The molecule has 1 heterocycles. The molecule has 2 aromatic rings. The van der Waals surface area contributed by atoms with Crippen LogP contribution >= 0.6 is 27.5 Å². The van der Waals surface area contributed by atoms with E-state index < -0.39 is 0 Å². The van der Waals surface area contributed by atoms with Gasteiger partial charge in [0, 0.05) is 24.2 Å². The molecule has 0 atom stereocenters. The second-order valence-electron chi connectivity index (χ2n) is 6.13. The number of benzene rings is 2. The highest BCUT2D eigenvalue weighted by atomic mass is 79.9. The Morgan fingerprint density at radius 3 is 2.57 bits per heavy atom. The summed E-state index contributed by atoms with van der Waals surface area (Å²) in [4.78, 5) is 27.0. The fourth-order valence-corrected chi connectivity index (χ4v) is 3.47. The highest BCUT2D eigenvalue weighted by Gasteiger charge is 2.20. The molecule has 1 N–H and O–H groups in total. The maximum atomic E-state index is 12.7. The van der Waals surface area contributed by atoms with E-state index in [1.807, 2.05) is 6.92 Å². The van der Waals surface area contributed by atoms with Crippen molar-refractivity contribution in [3.63, 3.8) is 0 Å². The van der Waals surface area contributed by atoms with Crippen molar-refractivity contribution in [2.45, 2.75) is 6.92 Å². The summed E-state index contributed by atoms with van der Waals surface area (Å²) in [6.07, 6.45) is 0. The van der Waals surface area contributed by atoms with Gasteiger partial charge in [-0.3, -0.25) is 9.59 Å². The summed E-state index contributed by atoms with van der Waals surface area (Å²) >= 11 is 9.63. The van der Waals surface area contributed by atoms with E-state index in [4.69, 9.17) is 21.1 Å². The van der Waals surface area contributed by atoms with E-state index in [2.05, 4.69) is 21.2 Å². The lowest BCUT2D eigenvalue weighted by Gasteiger charge is -2.27. The largest absolute Gasteiger partial charge is 0.493 e. The first-order valence-electron chi connectivity index (χ1n) is 8.90. The molecule has 2 amide bonds. The molecule has 1 aliphatic heterocycles. The molecule has 2 aromatic carbocycles. The summed E-state index contributed by atoms with van der Waals surface area (Å²) < 4.78 is 11.4. The van der Waals surface area contributed by atoms with Crippen LogP contribution in [0.3, 0.4) is 0 Å². The second kappa shape index (κ2) is 9.41. The number of anilines is 1. The third-order valence-corrected chi connectivity index (χ3v) is 5.20. The highest BCUT2D eigenvalue weighted by molar-refractivity contribution is 9.10. The van der Waals surface area contributed by atoms with E-state index in [-0.39, 0.29) is 11.8 Å². The lowest BCUT2D eigenvalue weighted by atomic mass is 10.1. The van der Waals surface area contributed by atoms with Crippen molar-refractivity contribution in [3.05, 3.63) is 57.0 Å². The molecule has 0 bridgehead atoms. The van der Waals surface area contributed by atoms with Crippen molar-refractivity contribution >= 4 is 45.0 Å². The van der Waals surface area contributed by atoms with Gasteiger partial charge in [0.25, 0.3) is 11.8 Å². The monoisotopic (exact) mass is 466 g/mol. The quantitative estimate of drug-likeness (QED) is 0.715. The zero-order valence-corrected chi connectivity index (χ0v) is 17.7. The van der Waals surface area contributed by atoms with Gasteiger partial charge in [-0.1, -0.05) is 11.6 Å². The first-order chi connectivity index (χ1) is 13.5. The van der Waals surface area contributed by atoms with Gasteiger partial charge in [-0.25, -0.2) is 0 Å². The molecule has 0 spiro atoms. The minimum absolute atomic E-state index is 0.112. The Labute approximate surface area is 176 Å². The van der Waals surface area contributed by atoms with Crippen LogP contribution in [0.4, 0.5) is 5.69 Å². The smallest absolute Gasteiger partial charge is 0.255 e. The number of hydrogen-bond acceptors (Lipinski definition) is 4. The van der Waals surface area contributed by atoms with E-state index in [1.165, 1.54) is 0 Å². The van der Waals surface area contributed by atoms with Crippen molar-refractivity contribution in [2.24, 2.45) is 0 Å². The average molecular weight is 468 g/mol. The molecule has 28 heavy (non-hydrogen) atoms. The van der Waals surface area contributed by atoms with E-state index in [0.717, 1.165) is 0 Å². The van der Waals surface area contributed by atoms with Crippen LogP contribution in [0.5, 0.6) is 5.75 Å². The molecular weight excluding hydrogens is 448 g/mol. The molecule has 0 radical (unpaired) electrons. The summed E-state index contributed by atoms with van der Waals surface area (Å²) in [7, 11) is 0. The third kappa shape index (κ3) is 4.84. The Morgan fingerprint density at radius 1 is 1.18 bits per heavy atom. The van der Waals surface area contributed by atoms with Crippen molar-refractivity contribution in [1.29, 1.82) is 0 Å². The summed E-state index contributed by atoms with van der Waals surface area (Å²) in [5.74, 6) is 0.219. The molecule has 0 unspecified atom stereocenters. The van der Waals surface area contributed by atoms with E-state index in [9.17, 15) is 9.59 Å². The van der Waals surface area contributed by atoms with Gasteiger partial charge in [0.1, 0.15) is 5.75 Å². The van der Waals surface area contributed by atoms with Crippen LogP contribution < -0.4 is 10.1 Å². The zero-order chi connectivity index (χ0) is 20.1. The van der Waals surface area contributed by atoms with Gasteiger partial charge in [0.15, 0.2) is 0 Å². The molecule has 1 aliphatic rings. The normalized spacial score (nSPS) is 13.9. The Balaban J connectivity index is 1.77. The Morgan fingerprint density at radius 2 is 1.89 bits per heavy atom. The van der Waals surface area contributed by atoms with Gasteiger partial charge in [-0.15, -0.1) is 0 Å². The summed E-state index contributed by atoms with van der Waals surface area (Å²) in [6, 6.07) is 9.94. The van der Waals surface area contributed by atoms with E-state index in [0.29, 0.717) is 65.0 Å². The van der Waals surface area contributed by atoms with Crippen molar-refractivity contribution < 1.29 is 19.1 Å². The minimum atomic E-state index is -0.332. The van der Waals surface area contributed by atoms with Gasteiger partial charge in [-0.2, -0.15) is 0 Å². The molecular formula is C20H20BrClN2O4. The number of rotatable bonds is 5. The SMILES string of the molecule is CCOc1ccc(C(=O)Nc2cc(C(=O)N3CCOCC3)ccc2Cl)cc1Br. The van der Waals surface area contributed by atoms with Crippen LogP contribution in [-0.2, 0) is 4.74 Å². The molecule has 148 valence electrons. The number of morpholine rings is 1. The molecule has 6 nitrogen and oxygen atoms in total. The van der Waals surface area contributed by atoms with Crippen LogP contribution in [0, 0.1) is 0 Å². The predicted molar refractivity (Wildman–Crippen MR) is 111 cm³/mol. The van der Waals surface area contributed by atoms with Gasteiger partial charge in [0.05, 0.1) is 35.0 Å². The van der Waals surface area contributed by atoms with Crippen molar-refractivity contribution in [3.8, 4) is 5.75 Å². The van der Waals surface area contributed by atoms with Crippen LogP contribution in [0.15, 0.2) is 40.9 Å². The molecule has 1 saturated heterocycles. The van der Waals surface area contributed by atoms with E-state index in [1.54, 1.807) is 41.3 Å². The number of ether oxygens (including phenoxy) is 2. The number of carbonyl (C=O) groups excluding carboxylic acids is 2. The number of hydrogen-bond donors (Lipinski definition) is 1. The minimum Gasteiger partial charge on any atom is -0.493 e. The Bertz CT molecular complexity index is 885. The lowest BCUT2D eigenvalue weighted by Crippen LogP contribution is -2.40. The molecule has 0 aromatic heterocycles. The Kier molecular flexibility index (Phi) is 6.93. The first kappa shape index (κ1) is 20.6. The number of halogens is 2. The maximum Gasteiger partial charge on any atom is 0.255 e. The van der Waals surface area contributed by atoms with Crippen LogP contribution in [0.2, 0.25) is 5.02 Å². The van der Waals surface area contributed by atoms with Crippen molar-refractivity contribution in [2.75, 3.05) is 38.2 Å². The predicted octanol–water partition coefficient (Wildman–Crippen LogP) is 4.23. The van der Waals surface area contributed by atoms with Crippen LogP contribution in [-0.4, -0.2) is 49.6 Å². The third-order valence-electron chi connectivity index (χ3n) is 4.25. The highest BCUT2D eigenvalue weighted by Crippen LogP contribution is 2.28. The fraction of sp³-hybridized carbons (Fsp3) is 0.300. The molecule has 1 fully saturated rings. The second-order valence-corrected chi connectivity index (χ2v) is 7.39. The van der Waals surface area contributed by atoms with Gasteiger partial charge < -0.3 is 19.7 Å². The zero-order valence-electron chi connectivity index (χ0n) is 15.3. The number of amides is 2. The summed E-state index contributed by atoms with van der Waals surface area (Å²) in [5.41, 5.74) is 1.29. The number of nitrogens with zero attached hydrogens (tertiary/aromatic N) is 1. The number of carbonyl (C=O) groups is 2. The van der Waals surface area contributed by atoms with Crippen molar-refractivity contribution in [1.82, 2.24) is 4.90 Å². The molecule has 0 saturated carbocycles. The van der Waals surface area contributed by atoms with Gasteiger partial charge in [0.2, 0.25) is 0 Å². The molecule has 8 heteroatoms. The summed E-state index contributed by atoms with van der Waals surface area (Å²) in [6.45, 7) is 4.56. The lowest BCUT2D eigenvalue weighted by molar-refractivity contribution is 0.0303. The standard InChI is InChI=1S/C20H20BrClN2O4/c1-2-28-18-6-4-13(11-15(18)21)19(25)23-17-12-14(3-5-16(17)22)20(26)24-7-9-27-10-8-24/h3-6,11-12H,2,7-10H2,1H3,(H,23,25). The van der Waals surface area contributed by atoms with Gasteiger partial charge in [-0.05, 0) is 59.3 Å². The maximum absolute atomic E-state index is 12.7. The summed E-state index contributed by atoms with van der Waals surface area (Å²) in [5, 5.41) is 3.13. The Hall–Kier alpha value is -2.09. The van der Waals surface area contributed by atoms with Gasteiger partial charge >= 0.3 is 0 Å². The average Bonchev–Trinajstić information content (AvgIpc) is 2.71. The molecule has 3 rings (SSSR count). The first-order valence-corrected chi connectivity index (χ1v) is 10.1. The van der Waals surface area contributed by atoms with Crippen LogP contribution in [0.1, 0.15) is 27.6 Å².